The van der Waals surface area contributed by atoms with Crippen LogP contribution in [0, 0.1) is 0 Å². The Hall–Kier alpha value is -1.96. The molecule has 0 unspecified atom stereocenters. The van der Waals surface area contributed by atoms with Gasteiger partial charge in [0.25, 0.3) is 5.91 Å². The van der Waals surface area contributed by atoms with E-state index in [9.17, 15) is 4.79 Å². The number of aryl methyl sites for hydroxylation is 1. The van der Waals surface area contributed by atoms with Gasteiger partial charge >= 0.3 is 0 Å². The van der Waals surface area contributed by atoms with Crippen molar-refractivity contribution in [2.24, 2.45) is 7.05 Å². The lowest BCUT2D eigenvalue weighted by Gasteiger charge is -2.01. The Morgan fingerprint density at radius 1 is 1.31 bits per heavy atom. The van der Waals surface area contributed by atoms with Crippen LogP contribution in [0.25, 0.3) is 0 Å². The van der Waals surface area contributed by atoms with Gasteiger partial charge in [-0.15, -0.1) is 10.2 Å². The quantitative estimate of drug-likeness (QED) is 0.683. The number of anilines is 1. The van der Waals surface area contributed by atoms with E-state index in [1.165, 1.54) is 11.3 Å². The van der Waals surface area contributed by atoms with Gasteiger partial charge in [-0.25, -0.2) is 0 Å². The van der Waals surface area contributed by atoms with Gasteiger partial charge in [-0.3, -0.25) is 14.8 Å². The number of carbonyl (C=O) groups is 1. The van der Waals surface area contributed by atoms with E-state index in [1.807, 2.05) is 19.2 Å². The van der Waals surface area contributed by atoms with E-state index in [0.29, 0.717) is 33.2 Å². The monoisotopic (exact) mass is 407 g/mol. The third-order valence-electron chi connectivity index (χ3n) is 4.19. The molecule has 1 saturated carbocycles. The fourth-order valence-electron chi connectivity index (χ4n) is 2.72. The van der Waals surface area contributed by atoms with Crippen molar-refractivity contribution >= 4 is 45.6 Å². The maximum Gasteiger partial charge on any atom is 0.277 e. The molecule has 134 valence electrons. The van der Waals surface area contributed by atoms with Gasteiger partial charge in [0.15, 0.2) is 5.69 Å². The highest BCUT2D eigenvalue weighted by Crippen LogP contribution is 2.40. The van der Waals surface area contributed by atoms with Crippen LogP contribution in [0.4, 0.5) is 5.13 Å². The summed E-state index contributed by atoms with van der Waals surface area (Å²) in [4.78, 5) is 12.4. The van der Waals surface area contributed by atoms with Crippen molar-refractivity contribution in [3.8, 4) is 0 Å². The number of halogens is 2. The summed E-state index contributed by atoms with van der Waals surface area (Å²) in [5, 5.41) is 17.6. The lowest BCUT2D eigenvalue weighted by Crippen LogP contribution is -2.12. The highest BCUT2D eigenvalue weighted by Gasteiger charge is 2.28. The topological polar surface area (TPSA) is 72.7 Å². The first kappa shape index (κ1) is 17.5. The molecule has 9 heteroatoms. The van der Waals surface area contributed by atoms with Gasteiger partial charge in [0.2, 0.25) is 5.13 Å². The minimum Gasteiger partial charge on any atom is -0.295 e. The second kappa shape index (κ2) is 6.98. The number of amides is 1. The zero-order valence-electron chi connectivity index (χ0n) is 13.9. The summed E-state index contributed by atoms with van der Waals surface area (Å²) in [5.74, 6) is 0.256. The predicted molar refractivity (Wildman–Crippen MR) is 102 cm³/mol. The molecule has 0 atom stereocenters. The Kier molecular flexibility index (Phi) is 4.69. The van der Waals surface area contributed by atoms with Gasteiger partial charge in [-0.05, 0) is 36.6 Å². The molecular weight excluding hydrogens is 393 g/mol. The molecule has 2 aromatic heterocycles. The zero-order valence-corrected chi connectivity index (χ0v) is 16.2. The molecular formula is C17H15Cl2N5OS. The van der Waals surface area contributed by atoms with E-state index in [2.05, 4.69) is 20.6 Å². The van der Waals surface area contributed by atoms with Gasteiger partial charge in [-0.1, -0.05) is 40.6 Å². The molecule has 6 nitrogen and oxygen atoms in total. The molecule has 26 heavy (non-hydrogen) atoms. The van der Waals surface area contributed by atoms with Gasteiger partial charge in [0.1, 0.15) is 5.01 Å². The van der Waals surface area contributed by atoms with E-state index in [0.717, 1.165) is 29.1 Å². The minimum atomic E-state index is -0.278. The summed E-state index contributed by atoms with van der Waals surface area (Å²) in [6, 6.07) is 7.19. The second-order valence-electron chi connectivity index (χ2n) is 6.22. The van der Waals surface area contributed by atoms with Crippen molar-refractivity contribution < 1.29 is 4.79 Å². The number of nitrogens with zero attached hydrogens (tertiary/aromatic N) is 4. The number of aromatic nitrogens is 4. The largest absolute Gasteiger partial charge is 0.295 e. The Morgan fingerprint density at radius 3 is 2.85 bits per heavy atom. The van der Waals surface area contributed by atoms with Gasteiger partial charge in [-0.2, -0.15) is 5.10 Å². The third kappa shape index (κ3) is 3.75. The molecule has 1 aliphatic carbocycles. The molecule has 0 radical (unpaired) electrons. The summed E-state index contributed by atoms with van der Waals surface area (Å²) in [6.07, 6.45) is 2.85. The normalized spacial score (nSPS) is 13.8. The maximum atomic E-state index is 12.4. The van der Waals surface area contributed by atoms with Crippen LogP contribution in [0.1, 0.15) is 45.5 Å². The number of hydrogen-bond donors (Lipinski definition) is 1. The van der Waals surface area contributed by atoms with E-state index in [-0.39, 0.29) is 5.91 Å². The summed E-state index contributed by atoms with van der Waals surface area (Å²) >= 11 is 13.4. The van der Waals surface area contributed by atoms with Crippen molar-refractivity contribution in [3.05, 3.63) is 56.3 Å². The lowest BCUT2D eigenvalue weighted by atomic mass is 10.2. The highest BCUT2D eigenvalue weighted by molar-refractivity contribution is 7.15. The van der Waals surface area contributed by atoms with E-state index in [1.54, 1.807) is 16.8 Å². The van der Waals surface area contributed by atoms with E-state index in [4.69, 9.17) is 23.2 Å². The zero-order chi connectivity index (χ0) is 18.3. The van der Waals surface area contributed by atoms with Crippen LogP contribution < -0.4 is 5.32 Å². The number of carbonyl (C=O) groups excluding carboxylic acids is 1. The van der Waals surface area contributed by atoms with Crippen LogP contribution >= 0.6 is 34.5 Å². The molecule has 0 bridgehead atoms. The predicted octanol–water partition coefficient (Wildman–Crippen LogP) is 4.30. The average molecular weight is 408 g/mol. The Balaban J connectivity index is 1.44. The molecule has 1 N–H and O–H groups in total. The first-order valence-electron chi connectivity index (χ1n) is 8.11. The number of nitrogens with one attached hydrogen (secondary N) is 1. The van der Waals surface area contributed by atoms with Crippen molar-refractivity contribution in [1.29, 1.82) is 0 Å². The molecule has 0 aliphatic heterocycles. The Morgan fingerprint density at radius 2 is 2.12 bits per heavy atom. The lowest BCUT2D eigenvalue weighted by molar-refractivity contribution is 0.102. The Labute approximate surface area is 164 Å². The number of benzene rings is 1. The van der Waals surface area contributed by atoms with Crippen molar-refractivity contribution in [2.45, 2.75) is 25.2 Å². The summed E-state index contributed by atoms with van der Waals surface area (Å²) in [7, 11) is 1.86. The molecule has 0 saturated heterocycles. The van der Waals surface area contributed by atoms with Gasteiger partial charge in [0, 0.05) is 35.1 Å². The number of rotatable bonds is 5. The van der Waals surface area contributed by atoms with Crippen molar-refractivity contribution in [1.82, 2.24) is 20.0 Å². The minimum absolute atomic E-state index is 0.278. The molecule has 3 aromatic rings. The fourth-order valence-corrected chi connectivity index (χ4v) is 3.95. The number of hydrogen-bond acceptors (Lipinski definition) is 5. The van der Waals surface area contributed by atoms with Crippen LogP contribution in [-0.2, 0) is 13.5 Å². The van der Waals surface area contributed by atoms with Gasteiger partial charge < -0.3 is 0 Å². The molecule has 0 spiro atoms. The highest BCUT2D eigenvalue weighted by atomic mass is 35.5. The molecule has 1 aromatic carbocycles. The van der Waals surface area contributed by atoms with Crippen LogP contribution in [0.5, 0.6) is 0 Å². The van der Waals surface area contributed by atoms with Crippen molar-refractivity contribution in [3.63, 3.8) is 0 Å². The van der Waals surface area contributed by atoms with E-state index >= 15 is 0 Å². The SMILES string of the molecule is Cn1nc(C(=O)Nc2nnc(Cc3ccc(Cl)cc3Cl)s2)cc1C1CC1. The molecule has 1 aliphatic rings. The fraction of sp³-hybridized carbons (Fsp3) is 0.294. The van der Waals surface area contributed by atoms with Crippen LogP contribution in [-0.4, -0.2) is 25.9 Å². The molecule has 2 heterocycles. The maximum absolute atomic E-state index is 12.4. The van der Waals surface area contributed by atoms with Gasteiger partial charge in [0.05, 0.1) is 0 Å². The second-order valence-corrected chi connectivity index (χ2v) is 8.13. The smallest absolute Gasteiger partial charge is 0.277 e. The Bertz CT molecular complexity index is 979. The first-order valence-corrected chi connectivity index (χ1v) is 9.68. The van der Waals surface area contributed by atoms with Crippen LogP contribution in [0.3, 0.4) is 0 Å². The van der Waals surface area contributed by atoms with E-state index < -0.39 is 0 Å². The molecule has 4 rings (SSSR count). The van der Waals surface area contributed by atoms with Crippen LogP contribution in [0.15, 0.2) is 24.3 Å². The van der Waals surface area contributed by atoms with Crippen LogP contribution in [0.2, 0.25) is 10.0 Å². The molecule has 1 amide bonds. The third-order valence-corrected chi connectivity index (χ3v) is 5.61. The molecule has 1 fully saturated rings. The summed E-state index contributed by atoms with van der Waals surface area (Å²) in [6.45, 7) is 0. The average Bonchev–Trinajstić information content (AvgIpc) is 3.22. The summed E-state index contributed by atoms with van der Waals surface area (Å²) in [5.41, 5.74) is 2.40. The first-order chi connectivity index (χ1) is 12.5. The summed E-state index contributed by atoms with van der Waals surface area (Å²) < 4.78 is 1.78. The van der Waals surface area contributed by atoms with Crippen molar-refractivity contribution in [2.75, 3.05) is 5.32 Å². The standard InChI is InChI=1S/C17H15Cl2N5OS/c1-24-14(9-2-3-9)8-13(23-24)16(25)20-17-22-21-15(26-17)6-10-4-5-11(18)7-12(10)19/h4-5,7-9H,2-3,6H2,1H3,(H,20,22,25).